The number of halogens is 1. The topological polar surface area (TPSA) is 61.9 Å². The third kappa shape index (κ3) is 4.51. The van der Waals surface area contributed by atoms with E-state index < -0.39 is 17.2 Å². The van der Waals surface area contributed by atoms with Gasteiger partial charge >= 0.3 is 6.09 Å². The van der Waals surface area contributed by atoms with Crippen LogP contribution in [0, 0.1) is 5.82 Å². The van der Waals surface area contributed by atoms with Crippen LogP contribution in [0.1, 0.15) is 46.1 Å². The van der Waals surface area contributed by atoms with Crippen LogP contribution in [0.2, 0.25) is 0 Å². The van der Waals surface area contributed by atoms with Gasteiger partial charge in [-0.3, -0.25) is 4.79 Å². The lowest BCUT2D eigenvalue weighted by atomic mass is 10.0. The van der Waals surface area contributed by atoms with E-state index in [1.165, 1.54) is 6.07 Å². The summed E-state index contributed by atoms with van der Waals surface area (Å²) in [6, 6.07) is 5.17. The smallest absolute Gasteiger partial charge is 0.408 e. The van der Waals surface area contributed by atoms with E-state index in [1.54, 1.807) is 38.7 Å². The van der Waals surface area contributed by atoms with E-state index in [2.05, 4.69) is 10.2 Å². The Balaban J connectivity index is 1.68. The Morgan fingerprint density at radius 2 is 1.78 bits per heavy atom. The molecule has 1 aliphatic heterocycles. The van der Waals surface area contributed by atoms with Crippen molar-refractivity contribution >= 4 is 17.7 Å². The van der Waals surface area contributed by atoms with Gasteiger partial charge in [-0.1, -0.05) is 6.07 Å². The van der Waals surface area contributed by atoms with Crippen molar-refractivity contribution in [3.05, 3.63) is 29.6 Å². The van der Waals surface area contributed by atoms with Crippen LogP contribution >= 0.6 is 0 Å². The average Bonchev–Trinajstić information content (AvgIpc) is 3.33. The van der Waals surface area contributed by atoms with Crippen molar-refractivity contribution in [2.45, 2.75) is 51.7 Å². The molecule has 1 aromatic rings. The number of alkyl carbamates (subject to hydrolysis) is 1. The highest BCUT2D eigenvalue weighted by molar-refractivity contribution is 5.73. The van der Waals surface area contributed by atoms with E-state index in [0.717, 1.165) is 5.69 Å². The Hall–Kier alpha value is -2.31. The molecule has 1 aromatic carbocycles. The molecule has 6 nitrogen and oxygen atoms in total. The molecular formula is C20H28FN3O3. The summed E-state index contributed by atoms with van der Waals surface area (Å²) < 4.78 is 20.2. The van der Waals surface area contributed by atoms with Crippen LogP contribution in [0.3, 0.4) is 0 Å². The molecule has 0 unspecified atom stereocenters. The Labute approximate surface area is 159 Å². The van der Waals surface area contributed by atoms with Crippen LogP contribution in [0.15, 0.2) is 18.2 Å². The number of piperazine rings is 1. The lowest BCUT2D eigenvalue weighted by molar-refractivity contribution is -0.129. The fraction of sp³-hybridized carbons (Fsp3) is 0.600. The van der Waals surface area contributed by atoms with Gasteiger partial charge in [-0.05, 0) is 45.7 Å². The molecule has 2 amide bonds. The minimum absolute atomic E-state index is 0.0695. The van der Waals surface area contributed by atoms with Gasteiger partial charge in [0.15, 0.2) is 0 Å². The monoisotopic (exact) mass is 377 g/mol. The van der Waals surface area contributed by atoms with E-state index in [9.17, 15) is 14.0 Å². The molecule has 1 heterocycles. The van der Waals surface area contributed by atoms with E-state index >= 15 is 0 Å². The van der Waals surface area contributed by atoms with Crippen LogP contribution < -0.4 is 10.2 Å². The zero-order valence-corrected chi connectivity index (χ0v) is 16.5. The number of amides is 2. The first kappa shape index (κ1) is 19.5. The van der Waals surface area contributed by atoms with Crippen LogP contribution in [-0.4, -0.2) is 48.7 Å². The minimum atomic E-state index is -0.668. The van der Waals surface area contributed by atoms with E-state index in [1.807, 2.05) is 6.07 Å². The number of carbonyl (C=O) groups is 2. The molecule has 0 bridgehead atoms. The van der Waals surface area contributed by atoms with Crippen molar-refractivity contribution < 1.29 is 18.7 Å². The molecule has 1 saturated carbocycles. The molecule has 1 aliphatic carbocycles. The quantitative estimate of drug-likeness (QED) is 0.880. The van der Waals surface area contributed by atoms with Crippen molar-refractivity contribution in [2.75, 3.05) is 31.1 Å². The second-order valence-corrected chi connectivity index (χ2v) is 8.37. The third-order valence-electron chi connectivity index (χ3n) is 5.05. The molecule has 2 fully saturated rings. The fourth-order valence-corrected chi connectivity index (χ4v) is 3.45. The van der Waals surface area contributed by atoms with E-state index in [4.69, 9.17) is 4.74 Å². The third-order valence-corrected chi connectivity index (χ3v) is 5.05. The van der Waals surface area contributed by atoms with Gasteiger partial charge in [0.1, 0.15) is 11.4 Å². The van der Waals surface area contributed by atoms with E-state index in [0.29, 0.717) is 44.6 Å². The highest BCUT2D eigenvalue weighted by Crippen LogP contribution is 2.47. The number of ether oxygens (including phenoxy) is 1. The number of rotatable bonds is 3. The maximum absolute atomic E-state index is 14.9. The minimum Gasteiger partial charge on any atom is -0.444 e. The van der Waals surface area contributed by atoms with Gasteiger partial charge in [0.25, 0.3) is 0 Å². The van der Waals surface area contributed by atoms with Gasteiger partial charge in [0.05, 0.1) is 5.54 Å². The Morgan fingerprint density at radius 3 is 2.26 bits per heavy atom. The Kier molecular flexibility index (Phi) is 5.06. The second kappa shape index (κ2) is 7.02. The predicted octanol–water partition coefficient (Wildman–Crippen LogP) is 3.01. The van der Waals surface area contributed by atoms with Crippen molar-refractivity contribution in [1.29, 1.82) is 0 Å². The lowest BCUT2D eigenvalue weighted by Gasteiger charge is -2.35. The summed E-state index contributed by atoms with van der Waals surface area (Å²) in [7, 11) is 0. The summed E-state index contributed by atoms with van der Waals surface area (Å²) in [6.07, 6.45) is 0.864. The van der Waals surface area contributed by atoms with Crippen molar-refractivity contribution in [1.82, 2.24) is 10.2 Å². The summed E-state index contributed by atoms with van der Waals surface area (Å²) in [5.41, 5.74) is 0.0371. The van der Waals surface area contributed by atoms with Crippen LogP contribution in [0.4, 0.5) is 14.9 Å². The number of carbonyl (C=O) groups excluding carboxylic acids is 2. The first-order chi connectivity index (χ1) is 12.6. The SMILES string of the molecule is CC(=O)N1CCN(c2ccc(C3(NC(=O)OC(C)(C)C)CC3)c(F)c2)CC1. The highest BCUT2D eigenvalue weighted by atomic mass is 19.1. The fourth-order valence-electron chi connectivity index (χ4n) is 3.45. The molecule has 7 heteroatoms. The summed E-state index contributed by atoms with van der Waals surface area (Å²) in [5, 5.41) is 2.84. The van der Waals surface area contributed by atoms with Gasteiger partial charge in [-0.25, -0.2) is 9.18 Å². The number of benzene rings is 1. The van der Waals surface area contributed by atoms with Gasteiger partial charge in [-0.2, -0.15) is 0 Å². The molecule has 0 spiro atoms. The summed E-state index contributed by atoms with van der Waals surface area (Å²) in [6.45, 7) is 9.61. The molecule has 1 saturated heterocycles. The van der Waals surface area contributed by atoms with Gasteiger partial charge in [0, 0.05) is 44.4 Å². The van der Waals surface area contributed by atoms with Crippen molar-refractivity contribution in [2.24, 2.45) is 0 Å². The Morgan fingerprint density at radius 1 is 1.15 bits per heavy atom. The zero-order valence-electron chi connectivity index (χ0n) is 16.5. The highest BCUT2D eigenvalue weighted by Gasteiger charge is 2.48. The van der Waals surface area contributed by atoms with Gasteiger partial charge in [0.2, 0.25) is 5.91 Å². The summed E-state index contributed by atoms with van der Waals surface area (Å²) in [4.78, 5) is 27.4. The number of anilines is 1. The van der Waals surface area contributed by atoms with Crippen molar-refractivity contribution in [3.63, 3.8) is 0 Å². The number of nitrogens with one attached hydrogen (secondary N) is 1. The molecule has 2 aliphatic rings. The lowest BCUT2D eigenvalue weighted by Crippen LogP contribution is -2.48. The van der Waals surface area contributed by atoms with Crippen molar-refractivity contribution in [3.8, 4) is 0 Å². The average molecular weight is 377 g/mol. The second-order valence-electron chi connectivity index (χ2n) is 8.37. The first-order valence-electron chi connectivity index (χ1n) is 9.41. The van der Waals surface area contributed by atoms with Crippen LogP contribution in [0.25, 0.3) is 0 Å². The Bertz CT molecular complexity index is 732. The van der Waals surface area contributed by atoms with Gasteiger partial charge in [-0.15, -0.1) is 0 Å². The maximum Gasteiger partial charge on any atom is 0.408 e. The standard InChI is InChI=1S/C20H28FN3O3/c1-14(25)23-9-11-24(12-10-23)15-5-6-16(17(21)13-15)20(7-8-20)22-18(26)27-19(2,3)4/h5-6,13H,7-12H2,1-4H3,(H,22,26). The normalized spacial score (nSPS) is 18.9. The first-order valence-corrected chi connectivity index (χ1v) is 9.41. The summed E-state index contributed by atoms with van der Waals surface area (Å²) >= 11 is 0. The number of nitrogens with zero attached hydrogens (tertiary/aromatic N) is 2. The maximum atomic E-state index is 14.9. The molecule has 148 valence electrons. The number of hydrogen-bond donors (Lipinski definition) is 1. The molecule has 0 aromatic heterocycles. The van der Waals surface area contributed by atoms with Crippen LogP contribution in [-0.2, 0) is 15.1 Å². The molecule has 0 radical (unpaired) electrons. The molecule has 0 atom stereocenters. The molecular weight excluding hydrogens is 349 g/mol. The zero-order chi connectivity index (χ0) is 19.8. The van der Waals surface area contributed by atoms with E-state index in [-0.39, 0.29) is 11.7 Å². The predicted molar refractivity (Wildman–Crippen MR) is 101 cm³/mol. The number of hydrogen-bond acceptors (Lipinski definition) is 4. The molecule has 27 heavy (non-hydrogen) atoms. The molecule has 1 N–H and O–H groups in total. The molecule has 3 rings (SSSR count). The van der Waals surface area contributed by atoms with Gasteiger partial charge < -0.3 is 19.9 Å². The largest absolute Gasteiger partial charge is 0.444 e. The van der Waals surface area contributed by atoms with Crippen LogP contribution in [0.5, 0.6) is 0 Å². The summed E-state index contributed by atoms with van der Waals surface area (Å²) in [5.74, 6) is -0.255.